The fourth-order valence-electron chi connectivity index (χ4n) is 6.01. The van der Waals surface area contributed by atoms with E-state index < -0.39 is 96.0 Å². The maximum absolute atomic E-state index is 14.1. The molecule has 0 aliphatic carbocycles. The highest BCUT2D eigenvalue weighted by molar-refractivity contribution is 7.98. The summed E-state index contributed by atoms with van der Waals surface area (Å²) in [5, 5.41) is 15.7. The summed E-state index contributed by atoms with van der Waals surface area (Å²) < 4.78 is 0. The molecule has 3 rings (SSSR count). The lowest BCUT2D eigenvalue weighted by Crippen LogP contribution is -2.60. The van der Waals surface area contributed by atoms with Gasteiger partial charge in [0.25, 0.3) is 0 Å². The van der Waals surface area contributed by atoms with E-state index in [4.69, 9.17) is 5.73 Å². The second kappa shape index (κ2) is 19.8. The van der Waals surface area contributed by atoms with Crippen molar-refractivity contribution in [2.75, 3.05) is 18.6 Å². The molecule has 0 aromatic heterocycles. The van der Waals surface area contributed by atoms with Gasteiger partial charge >= 0.3 is 0 Å². The van der Waals surface area contributed by atoms with Crippen molar-refractivity contribution in [1.29, 1.82) is 0 Å². The number of benzene rings is 1. The molecule has 0 spiro atoms. The fourth-order valence-corrected chi connectivity index (χ4v) is 6.48. The zero-order valence-electron chi connectivity index (χ0n) is 30.4. The molecule has 1 aromatic rings. The largest absolute Gasteiger partial charge is 0.370 e. The Kier molecular flexibility index (Phi) is 15.9. The minimum Gasteiger partial charge on any atom is -0.370 e. The van der Waals surface area contributed by atoms with Gasteiger partial charge in [0.05, 0.1) is 6.42 Å². The minimum absolute atomic E-state index is 0.00466. The van der Waals surface area contributed by atoms with Crippen molar-refractivity contribution in [3.05, 3.63) is 35.9 Å². The summed E-state index contributed by atoms with van der Waals surface area (Å²) in [6, 6.07) is 0.650. The van der Waals surface area contributed by atoms with Crippen molar-refractivity contribution in [1.82, 2.24) is 36.8 Å². The molecule has 286 valence electrons. The second-order valence-electron chi connectivity index (χ2n) is 13.3. The first-order valence-corrected chi connectivity index (χ1v) is 19.0. The van der Waals surface area contributed by atoms with Crippen molar-refractivity contribution < 1.29 is 38.4 Å². The molecule has 1 aromatic carbocycles. The van der Waals surface area contributed by atoms with Crippen LogP contribution in [0.15, 0.2) is 30.3 Å². The zero-order valence-corrected chi connectivity index (χ0v) is 31.2. The Morgan fingerprint density at radius 1 is 0.808 bits per heavy atom. The molecule has 8 atom stereocenters. The van der Waals surface area contributed by atoms with E-state index in [1.807, 2.05) is 13.2 Å². The van der Waals surface area contributed by atoms with E-state index in [-0.39, 0.29) is 25.3 Å². The average molecular weight is 745 g/mol. The second-order valence-corrected chi connectivity index (χ2v) is 14.3. The molecular weight excluding hydrogens is 692 g/mol. The van der Waals surface area contributed by atoms with Crippen LogP contribution >= 0.6 is 11.8 Å². The van der Waals surface area contributed by atoms with Crippen LogP contribution in [0, 0.1) is 5.92 Å². The lowest BCUT2D eigenvalue weighted by molar-refractivity contribution is -0.143. The first kappa shape index (κ1) is 41.7. The third-order valence-electron chi connectivity index (χ3n) is 9.32. The first-order chi connectivity index (χ1) is 24.7. The van der Waals surface area contributed by atoms with Crippen LogP contribution in [-0.4, -0.2) is 113 Å². The molecule has 0 saturated carbocycles. The summed E-state index contributed by atoms with van der Waals surface area (Å²) in [5.41, 5.74) is 6.11. The molecular formula is C35H52N8O8S. The Balaban J connectivity index is 2.05. The zero-order chi connectivity index (χ0) is 38.5. The quantitative estimate of drug-likeness (QED) is 0.162. The average Bonchev–Trinajstić information content (AvgIpc) is 3.61. The molecule has 2 fully saturated rings. The maximum atomic E-state index is 14.1. The highest BCUT2D eigenvalue weighted by atomic mass is 32.2. The molecule has 16 nitrogen and oxygen atoms in total. The minimum atomic E-state index is -1.51. The molecule has 8 amide bonds. The van der Waals surface area contributed by atoms with E-state index in [1.165, 1.54) is 30.5 Å². The van der Waals surface area contributed by atoms with Gasteiger partial charge < -0.3 is 42.5 Å². The monoisotopic (exact) mass is 744 g/mol. The molecule has 2 aliphatic heterocycles. The molecule has 0 bridgehead atoms. The molecule has 2 aliphatic rings. The van der Waals surface area contributed by atoms with Gasteiger partial charge in [-0.05, 0) is 56.6 Å². The molecule has 52 heavy (non-hydrogen) atoms. The molecule has 17 heteroatoms. The van der Waals surface area contributed by atoms with Crippen LogP contribution in [-0.2, 0) is 44.8 Å². The summed E-state index contributed by atoms with van der Waals surface area (Å²) in [6.07, 6.45) is 2.72. The molecule has 2 saturated heterocycles. The van der Waals surface area contributed by atoms with Crippen LogP contribution in [0.3, 0.4) is 0 Å². The van der Waals surface area contributed by atoms with E-state index in [0.29, 0.717) is 30.6 Å². The number of hydrogen-bond donors (Lipinski definition) is 7. The van der Waals surface area contributed by atoms with Crippen LogP contribution in [0.5, 0.6) is 0 Å². The van der Waals surface area contributed by atoms with E-state index in [2.05, 4.69) is 31.9 Å². The summed E-state index contributed by atoms with van der Waals surface area (Å²) in [5.74, 6) is -5.59. The van der Waals surface area contributed by atoms with Crippen LogP contribution in [0.1, 0.15) is 65.4 Å². The Morgan fingerprint density at radius 3 is 1.96 bits per heavy atom. The summed E-state index contributed by atoms with van der Waals surface area (Å²) in [7, 11) is 0. The number of carbonyl (C=O) groups excluding carboxylic acids is 8. The van der Waals surface area contributed by atoms with Crippen LogP contribution in [0.4, 0.5) is 0 Å². The van der Waals surface area contributed by atoms with Gasteiger partial charge in [-0.1, -0.05) is 50.6 Å². The van der Waals surface area contributed by atoms with Crippen molar-refractivity contribution in [2.24, 2.45) is 11.7 Å². The van der Waals surface area contributed by atoms with Crippen molar-refractivity contribution in [3.8, 4) is 0 Å². The number of nitrogens with zero attached hydrogens (tertiary/aromatic N) is 1. The van der Waals surface area contributed by atoms with E-state index >= 15 is 0 Å². The van der Waals surface area contributed by atoms with Crippen molar-refractivity contribution >= 4 is 59.0 Å². The van der Waals surface area contributed by atoms with Gasteiger partial charge in [0.1, 0.15) is 42.3 Å². The number of nitrogens with two attached hydrogens (primary N) is 1. The third-order valence-corrected chi connectivity index (χ3v) is 9.96. The van der Waals surface area contributed by atoms with Gasteiger partial charge in [0, 0.05) is 13.0 Å². The smallest absolute Gasteiger partial charge is 0.246 e. The SMILES string of the molecule is CC[C@@H](C)[C@@H]1NC(=O)[C@H](C)NC(=O)[C@H](CCSC)NC(=O)[C@H](C)NC(=O)[C@H](CC(N)=O)NC(=O)[C@H](Cc2ccccc2)NC(=O)[C@@H]2CCCN2C1=O. The lowest BCUT2D eigenvalue weighted by atomic mass is 9.96. The standard InChI is InChI=1S/C35H52N8O8S/c1-6-19(2)28-35(51)43-15-10-13-26(43)34(50)41-24(17-22-11-8-7-9-12-22)33(49)40-25(18-27(36)44)32(48)38-20(3)29(45)39-23(14-16-52-5)31(47)37-21(4)30(46)42-28/h7-9,11-12,19-21,23-26,28H,6,10,13-18H2,1-5H3,(H2,36,44)(H,37,47)(H,38,48)(H,39,45)(H,40,49)(H,41,50)(H,42,46)/t19-,20+,21+,23+,24+,25+,26+,28+/m1/s1. The number of amides is 8. The lowest BCUT2D eigenvalue weighted by Gasteiger charge is -2.32. The topological polar surface area (TPSA) is 238 Å². The van der Waals surface area contributed by atoms with Gasteiger partial charge in [0.15, 0.2) is 0 Å². The van der Waals surface area contributed by atoms with Crippen LogP contribution in [0.25, 0.3) is 0 Å². The summed E-state index contributed by atoms with van der Waals surface area (Å²) in [4.78, 5) is 109. The van der Waals surface area contributed by atoms with Crippen molar-refractivity contribution in [3.63, 3.8) is 0 Å². The predicted octanol–water partition coefficient (Wildman–Crippen LogP) is -1.14. The molecule has 0 radical (unpaired) electrons. The summed E-state index contributed by atoms with van der Waals surface area (Å²) in [6.45, 7) is 6.71. The number of thioether (sulfide) groups is 1. The maximum Gasteiger partial charge on any atom is 0.246 e. The fraction of sp³-hybridized carbons (Fsp3) is 0.600. The molecule has 8 N–H and O–H groups in total. The van der Waals surface area contributed by atoms with E-state index in [9.17, 15) is 38.4 Å². The normalized spacial score (nSPS) is 27.8. The van der Waals surface area contributed by atoms with E-state index in [0.717, 1.165) is 0 Å². The Morgan fingerprint density at radius 2 is 1.37 bits per heavy atom. The number of hydrogen-bond acceptors (Lipinski definition) is 9. The predicted molar refractivity (Wildman–Crippen MR) is 194 cm³/mol. The van der Waals surface area contributed by atoms with Crippen LogP contribution < -0.4 is 37.6 Å². The number of fused-ring (bicyclic) bond motifs is 1. The Hall–Kier alpha value is -4.67. The number of primary amides is 1. The van der Waals surface area contributed by atoms with E-state index in [1.54, 1.807) is 37.3 Å². The summed E-state index contributed by atoms with van der Waals surface area (Å²) >= 11 is 1.44. The van der Waals surface area contributed by atoms with Gasteiger partial charge in [-0.2, -0.15) is 11.8 Å². The Bertz CT molecular complexity index is 1480. The Labute approximate surface area is 308 Å². The van der Waals surface area contributed by atoms with Gasteiger partial charge in [-0.3, -0.25) is 38.4 Å². The van der Waals surface area contributed by atoms with Gasteiger partial charge in [-0.15, -0.1) is 0 Å². The number of nitrogens with one attached hydrogen (secondary N) is 6. The molecule has 0 unspecified atom stereocenters. The highest BCUT2D eigenvalue weighted by Gasteiger charge is 2.41. The van der Waals surface area contributed by atoms with Gasteiger partial charge in [0.2, 0.25) is 47.3 Å². The van der Waals surface area contributed by atoms with Gasteiger partial charge in [-0.25, -0.2) is 0 Å². The van der Waals surface area contributed by atoms with Crippen LogP contribution in [0.2, 0.25) is 0 Å². The molecule has 2 heterocycles. The number of carbonyl (C=O) groups is 8. The first-order valence-electron chi connectivity index (χ1n) is 17.6. The third kappa shape index (κ3) is 11.7. The highest BCUT2D eigenvalue weighted by Crippen LogP contribution is 2.22. The van der Waals surface area contributed by atoms with Crippen molar-refractivity contribution in [2.45, 2.75) is 109 Å². The number of rotatable bonds is 9.